The van der Waals surface area contributed by atoms with Crippen LogP contribution in [0.25, 0.3) is 0 Å². The summed E-state index contributed by atoms with van der Waals surface area (Å²) in [5.74, 6) is -0.603. The van der Waals surface area contributed by atoms with E-state index in [-0.39, 0.29) is 17.2 Å². The van der Waals surface area contributed by atoms with Crippen LogP contribution >= 0.6 is 11.3 Å². The number of alkyl halides is 3. The Morgan fingerprint density at radius 3 is 2.88 bits per heavy atom. The molecule has 0 aromatic carbocycles. The van der Waals surface area contributed by atoms with E-state index in [2.05, 4.69) is 15.6 Å². The van der Waals surface area contributed by atoms with E-state index in [1.54, 1.807) is 0 Å². The molecule has 2 heterocycles. The predicted octanol–water partition coefficient (Wildman–Crippen LogP) is 2.74. The predicted molar refractivity (Wildman–Crippen MR) is 79.3 cm³/mol. The second kappa shape index (κ2) is 6.34. The molecule has 2 aromatic heterocycles. The molecule has 0 unspecified atom stereocenters. The number of rotatable bonds is 4. The third-order valence-electron chi connectivity index (χ3n) is 3.54. The number of carbonyl (C=O) groups excluding carboxylic acids is 1. The number of thiophene rings is 1. The smallest absolute Gasteiger partial charge is 0.271 e. The summed E-state index contributed by atoms with van der Waals surface area (Å²) in [5.41, 5.74) is 1.90. The third kappa shape index (κ3) is 3.48. The fourth-order valence-corrected chi connectivity index (χ4v) is 3.21. The van der Waals surface area contributed by atoms with Crippen LogP contribution in [-0.2, 0) is 30.4 Å². The van der Waals surface area contributed by atoms with Crippen molar-refractivity contribution in [1.82, 2.24) is 15.2 Å². The Hall–Kier alpha value is -2.23. The number of fused-ring (bicyclic) bond motifs is 1. The summed E-state index contributed by atoms with van der Waals surface area (Å²) in [6.45, 7) is -0.353. The molecule has 0 saturated heterocycles. The molecule has 10 heteroatoms. The molecule has 0 atom stereocenters. The molecule has 1 aliphatic rings. The number of nitrogens with zero attached hydrogens (tertiary/aromatic N) is 3. The summed E-state index contributed by atoms with van der Waals surface area (Å²) < 4.78 is 52.7. The van der Waals surface area contributed by atoms with Crippen LogP contribution in [0.4, 0.5) is 17.6 Å². The van der Waals surface area contributed by atoms with E-state index < -0.39 is 17.8 Å². The van der Waals surface area contributed by atoms with Crippen LogP contribution in [0.5, 0.6) is 0 Å². The van der Waals surface area contributed by atoms with E-state index in [4.69, 9.17) is 0 Å². The third-order valence-corrected chi connectivity index (χ3v) is 4.35. The quantitative estimate of drug-likeness (QED) is 0.518. The normalized spacial score (nSPS) is 14.3. The van der Waals surface area contributed by atoms with Crippen LogP contribution in [0, 0.1) is 5.13 Å². The second-order valence-electron chi connectivity index (χ2n) is 5.22. The van der Waals surface area contributed by atoms with Gasteiger partial charge in [0.25, 0.3) is 5.91 Å². The van der Waals surface area contributed by atoms with Crippen molar-refractivity contribution in [3.63, 3.8) is 0 Å². The topological polar surface area (TPSA) is 59.3 Å². The summed E-state index contributed by atoms with van der Waals surface area (Å²) in [4.78, 5) is 12.3. The van der Waals surface area contributed by atoms with Crippen molar-refractivity contribution in [2.24, 2.45) is 5.10 Å². The van der Waals surface area contributed by atoms with Gasteiger partial charge >= 0.3 is 6.18 Å². The highest BCUT2D eigenvalue weighted by Gasteiger charge is 2.40. The Morgan fingerprint density at radius 2 is 2.21 bits per heavy atom. The minimum absolute atomic E-state index is 0.174. The van der Waals surface area contributed by atoms with E-state index in [9.17, 15) is 22.4 Å². The van der Waals surface area contributed by atoms with Crippen molar-refractivity contribution in [2.45, 2.75) is 32.0 Å². The van der Waals surface area contributed by atoms with Crippen molar-refractivity contribution in [2.75, 3.05) is 0 Å². The van der Waals surface area contributed by atoms with Gasteiger partial charge < -0.3 is 0 Å². The average Bonchev–Trinajstić information content (AvgIpc) is 3.16. The van der Waals surface area contributed by atoms with Crippen LogP contribution in [-0.4, -0.2) is 21.9 Å². The average molecular weight is 360 g/mol. The van der Waals surface area contributed by atoms with Gasteiger partial charge in [-0.2, -0.15) is 27.8 Å². The van der Waals surface area contributed by atoms with E-state index in [1.165, 1.54) is 18.3 Å². The lowest BCUT2D eigenvalue weighted by atomic mass is 10.2. The Morgan fingerprint density at radius 1 is 1.42 bits per heavy atom. The maximum atomic E-state index is 13.0. The first-order valence-electron chi connectivity index (χ1n) is 7.07. The second-order valence-corrected chi connectivity index (χ2v) is 6.28. The summed E-state index contributed by atoms with van der Waals surface area (Å²) in [6, 6.07) is 2.76. The number of aromatic nitrogens is 2. The van der Waals surface area contributed by atoms with Gasteiger partial charge in [-0.1, -0.05) is 0 Å². The highest BCUT2D eigenvalue weighted by Crippen LogP contribution is 2.36. The SMILES string of the molecule is O=C(Cn1nc(C(F)(F)F)c2c1CCC2)NN=Cc1ccc(F)s1. The fraction of sp³-hybridized carbons (Fsp3) is 0.357. The molecule has 0 radical (unpaired) electrons. The van der Waals surface area contributed by atoms with E-state index in [0.717, 1.165) is 16.0 Å². The molecule has 0 fully saturated rings. The molecule has 0 saturated carbocycles. The Kier molecular flexibility index (Phi) is 4.39. The molecule has 1 N–H and O–H groups in total. The number of hydrogen-bond acceptors (Lipinski definition) is 4. The Labute approximate surface area is 138 Å². The highest BCUT2D eigenvalue weighted by molar-refractivity contribution is 7.12. The van der Waals surface area contributed by atoms with Gasteiger partial charge in [0.15, 0.2) is 10.8 Å². The van der Waals surface area contributed by atoms with Crippen LogP contribution < -0.4 is 5.43 Å². The van der Waals surface area contributed by atoms with Gasteiger partial charge in [0, 0.05) is 11.3 Å². The molecule has 5 nitrogen and oxygen atoms in total. The van der Waals surface area contributed by atoms with Crippen LogP contribution in [0.15, 0.2) is 17.2 Å². The van der Waals surface area contributed by atoms with Crippen molar-refractivity contribution in [3.05, 3.63) is 39.1 Å². The first-order valence-corrected chi connectivity index (χ1v) is 7.89. The molecular weight excluding hydrogens is 348 g/mol. The van der Waals surface area contributed by atoms with Gasteiger partial charge in [-0.05, 0) is 31.4 Å². The van der Waals surface area contributed by atoms with Crippen LogP contribution in [0.2, 0.25) is 0 Å². The van der Waals surface area contributed by atoms with Crippen molar-refractivity contribution in [3.8, 4) is 0 Å². The molecule has 0 bridgehead atoms. The number of carbonyl (C=O) groups is 1. The lowest BCUT2D eigenvalue weighted by Gasteiger charge is -2.05. The molecule has 1 aliphatic carbocycles. The monoisotopic (exact) mass is 360 g/mol. The number of halogens is 4. The molecule has 2 aromatic rings. The number of amides is 1. The summed E-state index contributed by atoms with van der Waals surface area (Å²) in [6.07, 6.45) is -1.88. The molecule has 3 rings (SSSR count). The zero-order valence-electron chi connectivity index (χ0n) is 12.2. The fourth-order valence-electron chi connectivity index (χ4n) is 2.60. The molecule has 0 spiro atoms. The van der Waals surface area contributed by atoms with Crippen molar-refractivity contribution >= 4 is 23.5 Å². The van der Waals surface area contributed by atoms with Gasteiger partial charge in [-0.3, -0.25) is 9.48 Å². The van der Waals surface area contributed by atoms with Gasteiger partial charge in [-0.25, -0.2) is 5.43 Å². The van der Waals surface area contributed by atoms with E-state index in [1.807, 2.05) is 0 Å². The standard InChI is InChI=1S/C14H12F4N4OS/c15-11-5-4-8(24-11)6-19-20-12(23)7-22-10-3-1-2-9(10)13(21-22)14(16,17)18/h4-6H,1-3,7H2,(H,20,23). The number of hydrazone groups is 1. The first-order chi connectivity index (χ1) is 11.3. The minimum atomic E-state index is -4.53. The highest BCUT2D eigenvalue weighted by atomic mass is 32.1. The molecule has 0 aliphatic heterocycles. The zero-order chi connectivity index (χ0) is 17.3. The maximum absolute atomic E-state index is 13.0. The zero-order valence-corrected chi connectivity index (χ0v) is 13.0. The molecule has 24 heavy (non-hydrogen) atoms. The van der Waals surface area contributed by atoms with Gasteiger partial charge in [0.05, 0.1) is 11.1 Å². The largest absolute Gasteiger partial charge is 0.435 e. The van der Waals surface area contributed by atoms with Crippen molar-refractivity contribution in [1.29, 1.82) is 0 Å². The van der Waals surface area contributed by atoms with Crippen molar-refractivity contribution < 1.29 is 22.4 Å². The number of nitrogens with one attached hydrogen (secondary N) is 1. The Bertz CT molecular complexity index is 793. The summed E-state index contributed by atoms with van der Waals surface area (Å²) in [5, 5.41) is 6.82. The molecular formula is C14H12F4N4OS. The van der Waals surface area contributed by atoms with Gasteiger partial charge in [0.2, 0.25) is 0 Å². The lowest BCUT2D eigenvalue weighted by molar-refractivity contribution is -0.142. The first kappa shape index (κ1) is 16.6. The molecule has 1 amide bonds. The molecule has 128 valence electrons. The Balaban J connectivity index is 1.68. The van der Waals surface area contributed by atoms with Crippen LogP contribution in [0.1, 0.15) is 28.2 Å². The summed E-state index contributed by atoms with van der Waals surface area (Å²) >= 11 is 0.856. The van der Waals surface area contributed by atoms with Gasteiger partial charge in [0.1, 0.15) is 6.54 Å². The van der Waals surface area contributed by atoms with E-state index >= 15 is 0 Å². The maximum Gasteiger partial charge on any atom is 0.435 e. The number of hydrogen-bond donors (Lipinski definition) is 1. The van der Waals surface area contributed by atoms with Gasteiger partial charge in [-0.15, -0.1) is 11.3 Å². The summed E-state index contributed by atoms with van der Waals surface area (Å²) in [7, 11) is 0. The minimum Gasteiger partial charge on any atom is -0.271 e. The van der Waals surface area contributed by atoms with E-state index in [0.29, 0.717) is 29.8 Å². The lowest BCUT2D eigenvalue weighted by Crippen LogP contribution is -2.25. The van der Waals surface area contributed by atoms with Crippen LogP contribution in [0.3, 0.4) is 0 Å².